The lowest BCUT2D eigenvalue weighted by molar-refractivity contribution is 0.0512. The van der Waals surface area contributed by atoms with Gasteiger partial charge in [-0.25, -0.2) is 13.6 Å². The van der Waals surface area contributed by atoms with E-state index in [-0.39, 0.29) is 35.7 Å². The van der Waals surface area contributed by atoms with Crippen LogP contribution >= 0.6 is 0 Å². The fraction of sp³-hybridized carbons (Fsp3) is 0.233. The number of ether oxygens (including phenoxy) is 4. The van der Waals surface area contributed by atoms with E-state index in [0.717, 1.165) is 17.0 Å². The second-order valence-electron chi connectivity index (χ2n) is 9.28. The summed E-state index contributed by atoms with van der Waals surface area (Å²) < 4.78 is 51.0. The van der Waals surface area contributed by atoms with Crippen molar-refractivity contribution in [3.8, 4) is 22.9 Å². The lowest BCUT2D eigenvalue weighted by Gasteiger charge is -2.22. The Morgan fingerprint density at radius 1 is 0.905 bits per heavy atom. The van der Waals surface area contributed by atoms with Crippen molar-refractivity contribution in [1.82, 2.24) is 9.47 Å². The molecule has 10 nitrogen and oxygen atoms in total. The Morgan fingerprint density at radius 3 is 2.21 bits per heavy atom. The van der Waals surface area contributed by atoms with Crippen molar-refractivity contribution < 1.29 is 37.3 Å². The molecular formula is C30H29F2N3O7. The maximum Gasteiger partial charge on any atom is 0.414 e. The number of nitrogens with zero attached hydrogens (tertiary/aromatic N) is 3. The van der Waals surface area contributed by atoms with Crippen LogP contribution in [0.3, 0.4) is 0 Å². The Hall–Kier alpha value is -4.97. The molecule has 3 aromatic carbocycles. The lowest BCUT2D eigenvalue weighted by atomic mass is 10.1. The molecule has 1 aromatic heterocycles. The third-order valence-corrected chi connectivity index (χ3v) is 6.22. The van der Waals surface area contributed by atoms with Crippen LogP contribution < -0.4 is 24.5 Å². The van der Waals surface area contributed by atoms with Gasteiger partial charge in [-0.15, -0.1) is 0 Å². The number of hydrogen-bond donors (Lipinski definition) is 0. The molecule has 4 aromatic rings. The third kappa shape index (κ3) is 6.33. The smallest absolute Gasteiger partial charge is 0.414 e. The molecule has 0 radical (unpaired) electrons. The predicted molar refractivity (Wildman–Crippen MR) is 152 cm³/mol. The highest BCUT2D eigenvalue weighted by molar-refractivity contribution is 6.07. The summed E-state index contributed by atoms with van der Waals surface area (Å²) in [6.45, 7) is 1.59. The van der Waals surface area contributed by atoms with Gasteiger partial charge in [0.05, 0.1) is 18.3 Å². The molecule has 0 aliphatic carbocycles. The number of fused-ring (bicyclic) bond motifs is 1. The van der Waals surface area contributed by atoms with Gasteiger partial charge >= 0.3 is 6.09 Å². The first-order chi connectivity index (χ1) is 20.1. The molecule has 0 saturated carbocycles. The van der Waals surface area contributed by atoms with E-state index in [4.69, 9.17) is 18.9 Å². The predicted octanol–water partition coefficient (Wildman–Crippen LogP) is 4.99. The first kappa shape index (κ1) is 30.0. The van der Waals surface area contributed by atoms with Gasteiger partial charge in [0.1, 0.15) is 34.4 Å². The van der Waals surface area contributed by atoms with Gasteiger partial charge in [0.2, 0.25) is 5.43 Å². The zero-order valence-corrected chi connectivity index (χ0v) is 23.6. The van der Waals surface area contributed by atoms with Gasteiger partial charge in [0.15, 0.2) is 6.79 Å². The minimum absolute atomic E-state index is 0.0206. The Kier molecular flexibility index (Phi) is 9.06. The van der Waals surface area contributed by atoms with Crippen LogP contribution in [-0.4, -0.2) is 63.1 Å². The molecule has 12 heteroatoms. The van der Waals surface area contributed by atoms with E-state index in [1.807, 2.05) is 0 Å². The highest BCUT2D eigenvalue weighted by atomic mass is 19.1. The molecule has 0 saturated heterocycles. The molecule has 0 aliphatic rings. The quantitative estimate of drug-likeness (QED) is 0.257. The number of hydrogen-bond acceptors (Lipinski definition) is 7. The summed E-state index contributed by atoms with van der Waals surface area (Å²) in [6.07, 6.45) is 0.684. The number of rotatable bonds is 9. The normalized spacial score (nSPS) is 10.8. The molecule has 0 spiro atoms. The van der Waals surface area contributed by atoms with Gasteiger partial charge < -0.3 is 33.3 Å². The van der Waals surface area contributed by atoms with Gasteiger partial charge in [0.25, 0.3) is 5.91 Å². The molecule has 0 bridgehead atoms. The maximum absolute atomic E-state index is 14.0. The van der Waals surface area contributed by atoms with Gasteiger partial charge in [0, 0.05) is 75.4 Å². The number of aromatic nitrogens is 1. The Bertz CT molecular complexity index is 1680. The van der Waals surface area contributed by atoms with Gasteiger partial charge in [-0.1, -0.05) is 0 Å². The average molecular weight is 582 g/mol. The van der Waals surface area contributed by atoms with Crippen molar-refractivity contribution in [2.75, 3.05) is 46.6 Å². The minimum atomic E-state index is -0.869. The Balaban J connectivity index is 1.96. The summed E-state index contributed by atoms with van der Waals surface area (Å²) >= 11 is 0. The molecule has 42 heavy (non-hydrogen) atoms. The van der Waals surface area contributed by atoms with Crippen molar-refractivity contribution in [3.63, 3.8) is 0 Å². The fourth-order valence-electron chi connectivity index (χ4n) is 4.24. The minimum Gasteiger partial charge on any atom is -0.497 e. The van der Waals surface area contributed by atoms with Crippen LogP contribution in [-0.2, 0) is 4.74 Å². The molecule has 220 valence electrons. The zero-order valence-electron chi connectivity index (χ0n) is 23.6. The average Bonchev–Trinajstić information content (AvgIpc) is 2.95. The summed E-state index contributed by atoms with van der Waals surface area (Å²) in [5.41, 5.74) is -0.202. The number of carbonyl (C=O) groups is 2. The van der Waals surface area contributed by atoms with Crippen molar-refractivity contribution in [3.05, 3.63) is 88.2 Å². The zero-order chi connectivity index (χ0) is 30.6. The van der Waals surface area contributed by atoms with Crippen LogP contribution in [0.5, 0.6) is 17.2 Å². The van der Waals surface area contributed by atoms with Crippen LogP contribution in [0, 0.1) is 11.6 Å². The van der Waals surface area contributed by atoms with Crippen molar-refractivity contribution >= 4 is 28.6 Å². The number of pyridine rings is 1. The summed E-state index contributed by atoms with van der Waals surface area (Å²) in [6, 6.07) is 12.0. The summed E-state index contributed by atoms with van der Waals surface area (Å²) in [5, 5.41) is 0.154. The van der Waals surface area contributed by atoms with Crippen LogP contribution in [0.25, 0.3) is 16.6 Å². The van der Waals surface area contributed by atoms with Crippen molar-refractivity contribution in [2.45, 2.75) is 6.92 Å². The Morgan fingerprint density at radius 2 is 1.60 bits per heavy atom. The molecule has 0 unspecified atom stereocenters. The van der Waals surface area contributed by atoms with Gasteiger partial charge in [-0.3, -0.25) is 9.59 Å². The highest BCUT2D eigenvalue weighted by Crippen LogP contribution is 2.30. The van der Waals surface area contributed by atoms with E-state index in [9.17, 15) is 23.2 Å². The van der Waals surface area contributed by atoms with E-state index in [0.29, 0.717) is 28.8 Å². The SMILES string of the molecule is CCN(C(=O)c1cn(-c2cc(OC)cc(OC(=O)N(C)C)c2)c2cc(OCOC)ccc2c1=O)c1cc(F)cc(F)c1. The monoisotopic (exact) mass is 581 g/mol. The fourth-order valence-corrected chi connectivity index (χ4v) is 4.24. The van der Waals surface area contributed by atoms with Crippen LogP contribution in [0.15, 0.2) is 65.6 Å². The summed E-state index contributed by atoms with van der Waals surface area (Å²) in [4.78, 5) is 42.1. The van der Waals surface area contributed by atoms with Crippen molar-refractivity contribution in [2.24, 2.45) is 0 Å². The number of benzene rings is 3. The topological polar surface area (TPSA) is 99.5 Å². The number of amides is 2. The number of anilines is 1. The van der Waals surface area contributed by atoms with Crippen molar-refractivity contribution in [1.29, 1.82) is 0 Å². The number of methoxy groups -OCH3 is 2. The number of carbonyl (C=O) groups excluding carboxylic acids is 2. The van der Waals surface area contributed by atoms with E-state index in [1.165, 1.54) is 57.6 Å². The first-order valence-electron chi connectivity index (χ1n) is 12.7. The van der Waals surface area contributed by atoms with E-state index >= 15 is 0 Å². The molecule has 1 heterocycles. The molecule has 2 amide bonds. The van der Waals surface area contributed by atoms with Crippen LogP contribution in [0.1, 0.15) is 17.3 Å². The summed E-state index contributed by atoms with van der Waals surface area (Å²) in [5.74, 6) is -1.67. The molecule has 0 atom stereocenters. The number of halogens is 2. The van der Waals surface area contributed by atoms with E-state index in [2.05, 4.69) is 0 Å². The lowest BCUT2D eigenvalue weighted by Crippen LogP contribution is -2.35. The highest BCUT2D eigenvalue weighted by Gasteiger charge is 2.24. The summed E-state index contributed by atoms with van der Waals surface area (Å²) in [7, 11) is 5.96. The van der Waals surface area contributed by atoms with Gasteiger partial charge in [-0.05, 0) is 31.2 Å². The third-order valence-electron chi connectivity index (χ3n) is 6.22. The second kappa shape index (κ2) is 12.7. The Labute approximate surface area is 240 Å². The molecule has 0 N–H and O–H groups in total. The largest absolute Gasteiger partial charge is 0.497 e. The van der Waals surface area contributed by atoms with Gasteiger partial charge in [-0.2, -0.15) is 0 Å². The maximum atomic E-state index is 14.0. The van der Waals surface area contributed by atoms with E-state index < -0.39 is 29.1 Å². The van der Waals surface area contributed by atoms with Crippen LogP contribution in [0.4, 0.5) is 19.3 Å². The standard InChI is InChI=1S/C30H29F2N3O7/c1-6-34(20-10-18(31)9-19(32)11-20)29(37)26-16-35(27-15-22(41-17-39-4)7-8-25(27)28(26)36)21-12-23(40-5)14-24(13-21)42-30(38)33(2)3/h7-16H,6,17H2,1-5H3. The molecule has 4 rings (SSSR count). The molecular weight excluding hydrogens is 552 g/mol. The van der Waals surface area contributed by atoms with E-state index in [1.54, 1.807) is 29.7 Å². The van der Waals surface area contributed by atoms with Crippen LogP contribution in [0.2, 0.25) is 0 Å². The molecule has 0 aliphatic heterocycles. The first-order valence-corrected chi connectivity index (χ1v) is 12.7. The molecule has 0 fully saturated rings. The second-order valence-corrected chi connectivity index (χ2v) is 9.28.